The average Bonchev–Trinajstić information content (AvgIpc) is 2.63. The molecule has 1 rings (SSSR count). The lowest BCUT2D eigenvalue weighted by Gasteiger charge is -2.23. The van der Waals surface area contributed by atoms with Gasteiger partial charge >= 0.3 is 5.82 Å². The molecule has 1 N–H and O–H groups in total. The number of aryl methyl sites for hydroxylation is 1. The van der Waals surface area contributed by atoms with E-state index in [4.69, 9.17) is 0 Å². The number of likely N-dealkylation sites (N-methyl/N-ethyl adjacent to an activating group) is 1. The van der Waals surface area contributed by atoms with Crippen LogP contribution < -0.4 is 5.32 Å². The largest absolute Gasteiger partial charge is 0.385 e. The molecule has 1 aromatic heterocycles. The van der Waals surface area contributed by atoms with E-state index in [1.54, 1.807) is 11.6 Å². The first-order valence-corrected chi connectivity index (χ1v) is 5.91. The molecule has 0 aromatic carbocycles. The average molecular weight is 240 g/mol. The maximum atomic E-state index is 10.9. The highest BCUT2D eigenvalue weighted by molar-refractivity contribution is 5.31. The molecule has 0 spiro atoms. The van der Waals surface area contributed by atoms with E-state index >= 15 is 0 Å². The van der Waals surface area contributed by atoms with Crippen LogP contribution in [0, 0.1) is 10.1 Å². The first-order valence-electron chi connectivity index (χ1n) is 5.91. The maximum absolute atomic E-state index is 10.9. The van der Waals surface area contributed by atoms with Gasteiger partial charge in [-0.05, 0) is 29.8 Å². The molecule has 1 heterocycles. The van der Waals surface area contributed by atoms with E-state index in [9.17, 15) is 10.1 Å². The molecular weight excluding hydrogens is 220 g/mol. The zero-order valence-electron chi connectivity index (χ0n) is 10.8. The summed E-state index contributed by atoms with van der Waals surface area (Å²) in [5.41, 5.74) is 0.700. The van der Waals surface area contributed by atoms with Gasteiger partial charge in [-0.15, -0.1) is 0 Å². The second-order valence-electron chi connectivity index (χ2n) is 4.18. The van der Waals surface area contributed by atoms with Gasteiger partial charge in [0.1, 0.15) is 5.69 Å². The van der Waals surface area contributed by atoms with E-state index in [2.05, 4.69) is 10.3 Å². The molecular formula is C11H20N4O2. The lowest BCUT2D eigenvalue weighted by molar-refractivity contribution is -0.390. The molecule has 1 aromatic rings. The molecule has 17 heavy (non-hydrogen) atoms. The Labute approximate surface area is 101 Å². The van der Waals surface area contributed by atoms with Crippen LogP contribution >= 0.6 is 0 Å². The normalized spacial score (nSPS) is 14.6. The summed E-state index contributed by atoms with van der Waals surface area (Å²) < 4.78 is 1.75. The van der Waals surface area contributed by atoms with Gasteiger partial charge in [0.2, 0.25) is 6.33 Å². The summed E-state index contributed by atoms with van der Waals surface area (Å²) in [5, 5.41) is 14.3. The molecule has 2 unspecified atom stereocenters. The minimum atomic E-state index is -0.406. The number of hydrogen-bond donors (Lipinski definition) is 1. The lowest BCUT2D eigenvalue weighted by Crippen LogP contribution is -2.32. The zero-order valence-corrected chi connectivity index (χ0v) is 10.8. The van der Waals surface area contributed by atoms with Crippen LogP contribution in [0.3, 0.4) is 0 Å². The highest BCUT2D eigenvalue weighted by Gasteiger charge is 2.29. The molecule has 6 heteroatoms. The highest BCUT2D eigenvalue weighted by atomic mass is 16.6. The SMILES string of the molecule is CCNC(C)C(CC)c1c([N+](=O)[O-])ncn1C. The van der Waals surface area contributed by atoms with E-state index in [1.165, 1.54) is 6.33 Å². The van der Waals surface area contributed by atoms with E-state index in [1.807, 2.05) is 20.8 Å². The number of rotatable bonds is 6. The molecule has 0 aliphatic heterocycles. The zero-order chi connectivity index (χ0) is 13.0. The number of nitro groups is 1. The van der Waals surface area contributed by atoms with Crippen LogP contribution in [0.5, 0.6) is 0 Å². The quantitative estimate of drug-likeness (QED) is 0.608. The molecule has 6 nitrogen and oxygen atoms in total. The molecule has 96 valence electrons. The molecule has 0 saturated carbocycles. The summed E-state index contributed by atoms with van der Waals surface area (Å²) in [6, 6.07) is 0.194. The van der Waals surface area contributed by atoms with Gasteiger partial charge in [0, 0.05) is 19.0 Å². The first kappa shape index (κ1) is 13.6. The molecule has 2 atom stereocenters. The fourth-order valence-corrected chi connectivity index (χ4v) is 2.24. The van der Waals surface area contributed by atoms with Crippen LogP contribution in [0.1, 0.15) is 38.8 Å². The first-order chi connectivity index (χ1) is 8.02. The van der Waals surface area contributed by atoms with Crippen molar-refractivity contribution >= 4 is 5.82 Å². The topological polar surface area (TPSA) is 73.0 Å². The van der Waals surface area contributed by atoms with Crippen molar-refractivity contribution < 1.29 is 4.92 Å². The van der Waals surface area contributed by atoms with E-state index < -0.39 is 4.92 Å². The Balaban J connectivity index is 3.10. The van der Waals surface area contributed by atoms with Gasteiger partial charge in [-0.2, -0.15) is 0 Å². The smallest absolute Gasteiger partial charge is 0.358 e. The Kier molecular flexibility index (Phi) is 4.62. The van der Waals surface area contributed by atoms with Crippen molar-refractivity contribution in [2.45, 2.75) is 39.2 Å². The van der Waals surface area contributed by atoms with E-state index in [-0.39, 0.29) is 17.8 Å². The molecule has 0 radical (unpaired) electrons. The Hall–Kier alpha value is -1.43. The van der Waals surface area contributed by atoms with Crippen molar-refractivity contribution in [1.82, 2.24) is 14.9 Å². The summed E-state index contributed by atoms with van der Waals surface area (Å²) >= 11 is 0. The van der Waals surface area contributed by atoms with Gasteiger partial charge in [0.05, 0.1) is 0 Å². The van der Waals surface area contributed by atoms with Gasteiger partial charge in [-0.25, -0.2) is 0 Å². The predicted octanol–water partition coefficient (Wildman–Crippen LogP) is 1.82. The Morgan fingerprint density at radius 3 is 2.71 bits per heavy atom. The van der Waals surface area contributed by atoms with Crippen LogP contribution in [-0.2, 0) is 7.05 Å². The summed E-state index contributed by atoms with van der Waals surface area (Å²) in [5.74, 6) is 0.0759. The van der Waals surface area contributed by atoms with Crippen molar-refractivity contribution in [3.63, 3.8) is 0 Å². The third-order valence-electron chi connectivity index (χ3n) is 3.06. The van der Waals surface area contributed by atoms with Crippen LogP contribution in [0.2, 0.25) is 0 Å². The number of imidazole rings is 1. The summed E-state index contributed by atoms with van der Waals surface area (Å²) in [6.45, 7) is 6.97. The fourth-order valence-electron chi connectivity index (χ4n) is 2.24. The van der Waals surface area contributed by atoms with E-state index in [0.717, 1.165) is 13.0 Å². The van der Waals surface area contributed by atoms with Crippen LogP contribution in [-0.4, -0.2) is 27.1 Å². The Morgan fingerprint density at radius 2 is 2.24 bits per heavy atom. The van der Waals surface area contributed by atoms with Gasteiger partial charge in [0.15, 0.2) is 0 Å². The molecule has 0 aliphatic carbocycles. The van der Waals surface area contributed by atoms with Crippen LogP contribution in [0.25, 0.3) is 0 Å². The van der Waals surface area contributed by atoms with Crippen molar-refractivity contribution in [3.8, 4) is 0 Å². The lowest BCUT2D eigenvalue weighted by atomic mass is 9.94. The molecule has 0 fully saturated rings. The second-order valence-corrected chi connectivity index (χ2v) is 4.18. The minimum absolute atomic E-state index is 0.0240. The van der Waals surface area contributed by atoms with Gasteiger partial charge < -0.3 is 20.0 Å². The van der Waals surface area contributed by atoms with Crippen molar-refractivity contribution in [1.29, 1.82) is 0 Å². The van der Waals surface area contributed by atoms with E-state index in [0.29, 0.717) is 5.69 Å². The van der Waals surface area contributed by atoms with Gasteiger partial charge in [-0.1, -0.05) is 13.8 Å². The standard InChI is InChI=1S/C11H20N4O2/c1-5-9(8(3)12-6-2)10-11(15(16)17)13-7-14(10)4/h7-9,12H,5-6H2,1-4H3. The molecule has 0 amide bonds. The number of nitrogens with zero attached hydrogens (tertiary/aromatic N) is 3. The Morgan fingerprint density at radius 1 is 1.59 bits per heavy atom. The number of hydrogen-bond acceptors (Lipinski definition) is 4. The number of aromatic nitrogens is 2. The Bertz CT molecular complexity index is 389. The maximum Gasteiger partial charge on any atom is 0.385 e. The predicted molar refractivity (Wildman–Crippen MR) is 66.0 cm³/mol. The third-order valence-corrected chi connectivity index (χ3v) is 3.06. The van der Waals surface area contributed by atoms with Crippen LogP contribution in [0.15, 0.2) is 6.33 Å². The monoisotopic (exact) mass is 240 g/mol. The van der Waals surface area contributed by atoms with Crippen molar-refractivity contribution in [2.24, 2.45) is 7.05 Å². The summed E-state index contributed by atoms with van der Waals surface area (Å²) in [4.78, 5) is 14.4. The van der Waals surface area contributed by atoms with Crippen molar-refractivity contribution in [3.05, 3.63) is 22.1 Å². The number of nitrogens with one attached hydrogen (secondary N) is 1. The van der Waals surface area contributed by atoms with Crippen molar-refractivity contribution in [2.75, 3.05) is 6.54 Å². The minimum Gasteiger partial charge on any atom is -0.358 e. The molecule has 0 bridgehead atoms. The molecule has 0 aliphatic rings. The fraction of sp³-hybridized carbons (Fsp3) is 0.727. The van der Waals surface area contributed by atoms with Gasteiger partial charge in [0.25, 0.3) is 0 Å². The highest BCUT2D eigenvalue weighted by Crippen LogP contribution is 2.29. The van der Waals surface area contributed by atoms with Gasteiger partial charge in [-0.3, -0.25) is 0 Å². The van der Waals surface area contributed by atoms with Crippen LogP contribution in [0.4, 0.5) is 5.82 Å². The summed E-state index contributed by atoms with van der Waals surface area (Å²) in [7, 11) is 1.80. The second kappa shape index (κ2) is 5.77. The molecule has 0 saturated heterocycles. The summed E-state index contributed by atoms with van der Waals surface area (Å²) in [6.07, 6.45) is 2.35. The third kappa shape index (κ3) is 2.82.